The largest absolute Gasteiger partial charge is 0.233 e. The second-order valence-corrected chi connectivity index (χ2v) is 5.65. The predicted molar refractivity (Wildman–Crippen MR) is 76.5 cm³/mol. The summed E-state index contributed by atoms with van der Waals surface area (Å²) in [6.07, 6.45) is 3.97. The molecule has 1 fully saturated rings. The molecule has 0 N–H and O–H groups in total. The molecule has 1 aromatic carbocycles. The molecule has 1 saturated carbocycles. The Morgan fingerprint density at radius 3 is 2.61 bits per heavy atom. The van der Waals surface area contributed by atoms with E-state index in [-0.39, 0.29) is 0 Å². The maximum Gasteiger partial charge on any atom is 0.127 e. The molecule has 3 rings (SSSR count). The molecular formula is C15H15BrN2. The molecule has 3 heteroatoms. The first-order valence-electron chi connectivity index (χ1n) is 6.34. The van der Waals surface area contributed by atoms with Crippen molar-refractivity contribution in [2.45, 2.75) is 32.1 Å². The highest BCUT2D eigenvalue weighted by atomic mass is 79.9. The predicted octanol–water partition coefficient (Wildman–Crippen LogP) is 4.48. The number of rotatable bonds is 2. The number of hydrogen-bond acceptors (Lipinski definition) is 2. The van der Waals surface area contributed by atoms with E-state index in [0.717, 1.165) is 22.0 Å². The van der Waals surface area contributed by atoms with Crippen LogP contribution in [0.4, 0.5) is 0 Å². The smallest absolute Gasteiger partial charge is 0.127 e. The number of aryl methyl sites for hydroxylation is 1. The molecule has 1 aromatic heterocycles. The third kappa shape index (κ3) is 2.19. The molecule has 18 heavy (non-hydrogen) atoms. The zero-order valence-electron chi connectivity index (χ0n) is 10.4. The Morgan fingerprint density at radius 1 is 1.17 bits per heavy atom. The summed E-state index contributed by atoms with van der Waals surface area (Å²) >= 11 is 3.45. The van der Waals surface area contributed by atoms with Crippen LogP contribution < -0.4 is 0 Å². The van der Waals surface area contributed by atoms with Gasteiger partial charge in [-0.2, -0.15) is 0 Å². The minimum absolute atomic E-state index is 0.718. The molecule has 0 atom stereocenters. The summed E-state index contributed by atoms with van der Waals surface area (Å²) in [5.41, 5.74) is 3.72. The van der Waals surface area contributed by atoms with E-state index in [1.807, 2.05) is 13.0 Å². The Hall–Kier alpha value is -1.22. The van der Waals surface area contributed by atoms with E-state index in [1.54, 1.807) is 0 Å². The maximum atomic E-state index is 4.56. The minimum atomic E-state index is 0.718. The van der Waals surface area contributed by atoms with Crippen LogP contribution in [0.5, 0.6) is 0 Å². The molecule has 0 aliphatic heterocycles. The van der Waals surface area contributed by atoms with Crippen molar-refractivity contribution in [3.05, 3.63) is 46.3 Å². The van der Waals surface area contributed by atoms with Crippen LogP contribution in [0, 0.1) is 6.92 Å². The molecule has 0 bridgehead atoms. The summed E-state index contributed by atoms with van der Waals surface area (Å²) in [6, 6.07) is 10.6. The molecule has 92 valence electrons. The molecule has 0 saturated heterocycles. The lowest BCUT2D eigenvalue weighted by Gasteiger charge is -2.27. The Balaban J connectivity index is 2.10. The van der Waals surface area contributed by atoms with Gasteiger partial charge in [-0.1, -0.05) is 30.7 Å². The highest BCUT2D eigenvalue weighted by Crippen LogP contribution is 2.40. The quantitative estimate of drug-likeness (QED) is 0.764. The van der Waals surface area contributed by atoms with Gasteiger partial charge in [0.2, 0.25) is 0 Å². The van der Waals surface area contributed by atoms with Gasteiger partial charge in [0.05, 0.1) is 5.69 Å². The van der Waals surface area contributed by atoms with Crippen molar-refractivity contribution in [2.24, 2.45) is 0 Å². The van der Waals surface area contributed by atoms with Crippen molar-refractivity contribution >= 4 is 15.9 Å². The van der Waals surface area contributed by atoms with Gasteiger partial charge >= 0.3 is 0 Å². The van der Waals surface area contributed by atoms with Gasteiger partial charge in [0, 0.05) is 5.56 Å². The molecule has 2 nitrogen and oxygen atoms in total. The van der Waals surface area contributed by atoms with Crippen molar-refractivity contribution in [1.29, 1.82) is 0 Å². The lowest BCUT2D eigenvalue weighted by Crippen LogP contribution is -2.10. The normalized spacial score (nSPS) is 15.4. The molecular weight excluding hydrogens is 288 g/mol. The fourth-order valence-corrected chi connectivity index (χ4v) is 2.95. The van der Waals surface area contributed by atoms with Crippen LogP contribution in [0.3, 0.4) is 0 Å². The fourth-order valence-electron chi connectivity index (χ4n) is 2.47. The number of nitrogens with zero attached hydrogens (tertiary/aromatic N) is 2. The molecule has 0 amide bonds. The molecule has 1 heterocycles. The molecule has 2 aromatic rings. The first kappa shape index (κ1) is 11.8. The minimum Gasteiger partial charge on any atom is -0.233 e. The summed E-state index contributed by atoms with van der Waals surface area (Å²) in [5.74, 6) is 1.53. The van der Waals surface area contributed by atoms with Gasteiger partial charge in [0.25, 0.3) is 0 Å². The summed E-state index contributed by atoms with van der Waals surface area (Å²) in [6.45, 7) is 1.93. The third-order valence-electron chi connectivity index (χ3n) is 3.59. The van der Waals surface area contributed by atoms with Crippen LogP contribution in [0.15, 0.2) is 34.9 Å². The maximum absolute atomic E-state index is 4.56. The van der Waals surface area contributed by atoms with Gasteiger partial charge < -0.3 is 0 Å². The molecule has 0 radical (unpaired) electrons. The average Bonchev–Trinajstić information content (AvgIpc) is 2.26. The standard InChI is InChI=1S/C15H15BrN2/c1-10-17-14(9-15(16)18-10)13-8-3-2-7-12(13)11-5-4-6-11/h2-3,7-9,11H,4-6H2,1H3. The van der Waals surface area contributed by atoms with Gasteiger partial charge in [-0.05, 0) is 53.2 Å². The number of aromatic nitrogens is 2. The number of benzene rings is 1. The topological polar surface area (TPSA) is 25.8 Å². The van der Waals surface area contributed by atoms with Crippen molar-refractivity contribution in [3.8, 4) is 11.3 Å². The number of halogens is 1. The second kappa shape index (κ2) is 4.81. The van der Waals surface area contributed by atoms with Crippen LogP contribution in [-0.4, -0.2) is 9.97 Å². The first-order valence-corrected chi connectivity index (χ1v) is 7.14. The van der Waals surface area contributed by atoms with E-state index in [2.05, 4.69) is 50.2 Å². The Labute approximate surface area is 116 Å². The highest BCUT2D eigenvalue weighted by Gasteiger charge is 2.22. The summed E-state index contributed by atoms with van der Waals surface area (Å²) < 4.78 is 0.855. The molecule has 1 aliphatic carbocycles. The van der Waals surface area contributed by atoms with Crippen LogP contribution in [0.2, 0.25) is 0 Å². The highest BCUT2D eigenvalue weighted by molar-refractivity contribution is 9.10. The van der Waals surface area contributed by atoms with Gasteiger partial charge in [0.1, 0.15) is 10.4 Å². The Kier molecular flexibility index (Phi) is 3.16. The Bertz CT molecular complexity index is 556. The molecule has 0 spiro atoms. The van der Waals surface area contributed by atoms with Gasteiger partial charge in [-0.15, -0.1) is 0 Å². The Morgan fingerprint density at radius 2 is 1.94 bits per heavy atom. The monoisotopic (exact) mass is 302 g/mol. The first-order chi connectivity index (χ1) is 8.74. The summed E-state index contributed by atoms with van der Waals surface area (Å²) in [7, 11) is 0. The van der Waals surface area contributed by atoms with Crippen molar-refractivity contribution in [1.82, 2.24) is 9.97 Å². The average molecular weight is 303 g/mol. The summed E-state index contributed by atoms with van der Waals surface area (Å²) in [4.78, 5) is 8.84. The molecule has 0 unspecified atom stereocenters. The van der Waals surface area contributed by atoms with Crippen LogP contribution in [-0.2, 0) is 0 Å². The lowest BCUT2D eigenvalue weighted by atomic mass is 9.78. The van der Waals surface area contributed by atoms with E-state index in [4.69, 9.17) is 0 Å². The fraction of sp³-hybridized carbons (Fsp3) is 0.333. The third-order valence-corrected chi connectivity index (χ3v) is 3.99. The van der Waals surface area contributed by atoms with Crippen LogP contribution in [0.25, 0.3) is 11.3 Å². The van der Waals surface area contributed by atoms with Gasteiger partial charge in [0.15, 0.2) is 0 Å². The van der Waals surface area contributed by atoms with Crippen LogP contribution in [0.1, 0.15) is 36.6 Å². The van der Waals surface area contributed by atoms with Gasteiger partial charge in [-0.25, -0.2) is 9.97 Å². The zero-order valence-corrected chi connectivity index (χ0v) is 11.9. The van der Waals surface area contributed by atoms with E-state index >= 15 is 0 Å². The summed E-state index contributed by atoms with van der Waals surface area (Å²) in [5, 5.41) is 0. The van der Waals surface area contributed by atoms with Gasteiger partial charge in [-0.3, -0.25) is 0 Å². The van der Waals surface area contributed by atoms with Crippen molar-refractivity contribution in [3.63, 3.8) is 0 Å². The van der Waals surface area contributed by atoms with Crippen molar-refractivity contribution < 1.29 is 0 Å². The SMILES string of the molecule is Cc1nc(Br)cc(-c2ccccc2C2CCC2)n1. The lowest BCUT2D eigenvalue weighted by molar-refractivity contribution is 0.420. The van der Waals surface area contributed by atoms with Crippen LogP contribution >= 0.6 is 15.9 Å². The van der Waals surface area contributed by atoms with E-state index in [9.17, 15) is 0 Å². The van der Waals surface area contributed by atoms with E-state index in [1.165, 1.54) is 30.4 Å². The zero-order chi connectivity index (χ0) is 12.5. The van der Waals surface area contributed by atoms with Crippen molar-refractivity contribution in [2.75, 3.05) is 0 Å². The second-order valence-electron chi connectivity index (χ2n) is 4.84. The number of hydrogen-bond donors (Lipinski definition) is 0. The molecule has 1 aliphatic rings. The van der Waals surface area contributed by atoms with E-state index in [0.29, 0.717) is 0 Å². The van der Waals surface area contributed by atoms with E-state index < -0.39 is 0 Å².